The topological polar surface area (TPSA) is 53.3 Å². The van der Waals surface area contributed by atoms with Crippen LogP contribution in [0.1, 0.15) is 13.8 Å². The summed E-state index contributed by atoms with van der Waals surface area (Å²) in [7, 11) is 0. The zero-order valence-corrected chi connectivity index (χ0v) is 9.04. The lowest BCUT2D eigenvalue weighted by molar-refractivity contribution is -0.178. The van der Waals surface area contributed by atoms with Crippen LogP contribution in [0.3, 0.4) is 0 Å². The van der Waals surface area contributed by atoms with Crippen molar-refractivity contribution >= 4 is 5.91 Å². The molecule has 0 fully saturated rings. The van der Waals surface area contributed by atoms with Gasteiger partial charge in [0.05, 0.1) is 6.07 Å². The number of ether oxygens (including phenoxy) is 1. The number of amides is 1. The molecule has 0 aromatic carbocycles. The first-order valence-electron chi connectivity index (χ1n) is 4.59. The molecule has 0 aliphatic heterocycles. The highest BCUT2D eigenvalue weighted by Gasteiger charge is 2.28. The van der Waals surface area contributed by atoms with Crippen LogP contribution >= 0.6 is 0 Å². The van der Waals surface area contributed by atoms with Crippen LogP contribution in [0, 0.1) is 11.3 Å². The first kappa shape index (κ1) is 14.7. The van der Waals surface area contributed by atoms with Crippen molar-refractivity contribution < 1.29 is 22.7 Å². The van der Waals surface area contributed by atoms with Gasteiger partial charge in [0.1, 0.15) is 19.8 Å². The van der Waals surface area contributed by atoms with Crippen LogP contribution < -0.4 is 0 Å². The summed E-state index contributed by atoms with van der Waals surface area (Å²) in [5.41, 5.74) is 0. The van der Waals surface area contributed by atoms with Gasteiger partial charge in [-0.05, 0) is 13.8 Å². The van der Waals surface area contributed by atoms with E-state index in [0.29, 0.717) is 0 Å². The number of alkyl halides is 3. The number of halogens is 3. The second kappa shape index (κ2) is 6.33. The maximum Gasteiger partial charge on any atom is 0.411 e. The van der Waals surface area contributed by atoms with Gasteiger partial charge in [-0.3, -0.25) is 4.79 Å². The van der Waals surface area contributed by atoms with Crippen LogP contribution in [0.2, 0.25) is 0 Å². The van der Waals surface area contributed by atoms with Gasteiger partial charge in [0.15, 0.2) is 0 Å². The van der Waals surface area contributed by atoms with Gasteiger partial charge in [0.2, 0.25) is 5.91 Å². The van der Waals surface area contributed by atoms with Crippen LogP contribution in [0.5, 0.6) is 0 Å². The molecule has 0 saturated carbocycles. The van der Waals surface area contributed by atoms with Crippen molar-refractivity contribution in [2.75, 3.05) is 19.8 Å². The lowest BCUT2D eigenvalue weighted by atomic mass is 10.3. The number of carbonyl (C=O) groups excluding carboxylic acids is 1. The lowest BCUT2D eigenvalue weighted by Gasteiger charge is -2.23. The Morgan fingerprint density at radius 3 is 2.44 bits per heavy atom. The van der Waals surface area contributed by atoms with Crippen molar-refractivity contribution in [3.63, 3.8) is 0 Å². The number of hydrogen-bond donors (Lipinski definition) is 0. The minimum Gasteiger partial charge on any atom is -0.362 e. The summed E-state index contributed by atoms with van der Waals surface area (Å²) in [5, 5.41) is 8.42. The third kappa shape index (κ3) is 6.24. The Morgan fingerprint density at radius 1 is 1.50 bits per heavy atom. The second-order valence-electron chi connectivity index (χ2n) is 3.38. The van der Waals surface area contributed by atoms with E-state index in [1.807, 2.05) is 0 Å². The first-order chi connectivity index (χ1) is 7.28. The Morgan fingerprint density at radius 2 is 2.06 bits per heavy atom. The number of hydrogen-bond acceptors (Lipinski definition) is 3. The Hall–Kier alpha value is -1.29. The summed E-state index contributed by atoms with van der Waals surface area (Å²) in [6.07, 6.45) is -4.45. The lowest BCUT2D eigenvalue weighted by Crippen LogP contribution is -2.40. The second-order valence-corrected chi connectivity index (χ2v) is 3.38. The van der Waals surface area contributed by atoms with Crippen LogP contribution in [0.4, 0.5) is 13.2 Å². The van der Waals surface area contributed by atoms with Gasteiger partial charge < -0.3 is 9.64 Å². The number of nitrogens with zero attached hydrogens (tertiary/aromatic N) is 2. The third-order valence-electron chi connectivity index (χ3n) is 1.68. The van der Waals surface area contributed by atoms with Crippen LogP contribution in [-0.2, 0) is 9.53 Å². The van der Waals surface area contributed by atoms with Crippen molar-refractivity contribution in [1.82, 2.24) is 4.90 Å². The predicted molar refractivity (Wildman–Crippen MR) is 49.3 cm³/mol. The summed E-state index contributed by atoms with van der Waals surface area (Å²) in [6, 6.07) is 1.52. The average Bonchev–Trinajstić information content (AvgIpc) is 2.11. The molecule has 0 rings (SSSR count). The molecular weight excluding hydrogens is 225 g/mol. The van der Waals surface area contributed by atoms with E-state index in [4.69, 9.17) is 5.26 Å². The molecule has 0 saturated heterocycles. The van der Waals surface area contributed by atoms with Crippen LogP contribution in [0.25, 0.3) is 0 Å². The fourth-order valence-electron chi connectivity index (χ4n) is 0.972. The monoisotopic (exact) mass is 238 g/mol. The molecule has 0 unspecified atom stereocenters. The Bertz CT molecular complexity index is 271. The van der Waals surface area contributed by atoms with E-state index in [1.54, 1.807) is 19.9 Å². The molecule has 0 radical (unpaired) electrons. The summed E-state index contributed by atoms with van der Waals surface area (Å²) in [6.45, 7) is 1.04. The average molecular weight is 238 g/mol. The van der Waals surface area contributed by atoms with Gasteiger partial charge in [0.25, 0.3) is 0 Å². The van der Waals surface area contributed by atoms with E-state index in [2.05, 4.69) is 4.74 Å². The summed E-state index contributed by atoms with van der Waals surface area (Å²) in [4.78, 5) is 12.5. The van der Waals surface area contributed by atoms with Gasteiger partial charge in [-0.1, -0.05) is 0 Å². The van der Waals surface area contributed by atoms with Crippen molar-refractivity contribution in [2.45, 2.75) is 26.1 Å². The summed E-state index contributed by atoms with van der Waals surface area (Å²) in [5.74, 6) is -0.624. The molecule has 0 aromatic rings. The maximum absolute atomic E-state index is 11.7. The van der Waals surface area contributed by atoms with Crippen molar-refractivity contribution in [3.8, 4) is 6.07 Å². The van der Waals surface area contributed by atoms with Gasteiger partial charge in [-0.15, -0.1) is 0 Å². The number of carbonyl (C=O) groups is 1. The highest BCUT2D eigenvalue weighted by Crippen LogP contribution is 2.14. The zero-order chi connectivity index (χ0) is 12.8. The first-order valence-corrected chi connectivity index (χ1v) is 4.59. The minimum absolute atomic E-state index is 0.161. The number of nitriles is 1. The van der Waals surface area contributed by atoms with Crippen LogP contribution in [-0.4, -0.2) is 42.8 Å². The van der Waals surface area contributed by atoms with Gasteiger partial charge in [0, 0.05) is 6.04 Å². The quantitative estimate of drug-likeness (QED) is 0.679. The molecule has 7 heteroatoms. The van der Waals surface area contributed by atoms with Gasteiger partial charge in [-0.2, -0.15) is 18.4 Å². The molecule has 0 heterocycles. The largest absolute Gasteiger partial charge is 0.411 e. The predicted octanol–water partition coefficient (Wildman–Crippen LogP) is 1.33. The standard InChI is InChI=1S/C9H13F3N2O2/c1-7(2)14(4-3-13)8(15)5-16-6-9(10,11)12/h7H,4-6H2,1-2H3. The Kier molecular flexibility index (Phi) is 5.82. The van der Waals surface area contributed by atoms with Crippen LogP contribution in [0.15, 0.2) is 0 Å². The fraction of sp³-hybridized carbons (Fsp3) is 0.778. The molecule has 92 valence electrons. The zero-order valence-electron chi connectivity index (χ0n) is 9.04. The van der Waals surface area contributed by atoms with Crippen molar-refractivity contribution in [2.24, 2.45) is 0 Å². The Balaban J connectivity index is 4.08. The maximum atomic E-state index is 11.7. The van der Waals surface area contributed by atoms with E-state index < -0.39 is 25.3 Å². The summed E-state index contributed by atoms with van der Waals surface area (Å²) >= 11 is 0. The highest BCUT2D eigenvalue weighted by molar-refractivity contribution is 5.78. The molecule has 1 amide bonds. The molecule has 4 nitrogen and oxygen atoms in total. The van der Waals surface area contributed by atoms with E-state index in [0.717, 1.165) is 4.90 Å². The molecular formula is C9H13F3N2O2. The molecule has 0 aliphatic rings. The molecule has 0 aromatic heterocycles. The van der Waals surface area contributed by atoms with E-state index in [9.17, 15) is 18.0 Å². The third-order valence-corrected chi connectivity index (χ3v) is 1.68. The molecule has 0 spiro atoms. The molecule has 16 heavy (non-hydrogen) atoms. The van der Waals surface area contributed by atoms with Gasteiger partial charge >= 0.3 is 6.18 Å². The minimum atomic E-state index is -4.45. The van der Waals surface area contributed by atoms with E-state index in [-0.39, 0.29) is 12.6 Å². The Labute approximate surface area is 91.6 Å². The fourth-order valence-corrected chi connectivity index (χ4v) is 0.972. The molecule has 0 atom stereocenters. The van der Waals surface area contributed by atoms with E-state index >= 15 is 0 Å². The normalized spacial score (nSPS) is 11.3. The van der Waals surface area contributed by atoms with Gasteiger partial charge in [-0.25, -0.2) is 0 Å². The van der Waals surface area contributed by atoms with E-state index in [1.165, 1.54) is 0 Å². The number of rotatable bonds is 5. The van der Waals surface area contributed by atoms with Crippen molar-refractivity contribution in [1.29, 1.82) is 5.26 Å². The molecule has 0 bridgehead atoms. The molecule has 0 N–H and O–H groups in total. The van der Waals surface area contributed by atoms with Crippen molar-refractivity contribution in [3.05, 3.63) is 0 Å². The smallest absolute Gasteiger partial charge is 0.362 e. The summed E-state index contributed by atoms with van der Waals surface area (Å²) < 4.78 is 39.3. The SMILES string of the molecule is CC(C)N(CC#N)C(=O)COCC(F)(F)F. The highest BCUT2D eigenvalue weighted by atomic mass is 19.4. The molecule has 0 aliphatic carbocycles.